The first-order chi connectivity index (χ1) is 9.49. The van der Waals surface area contributed by atoms with Crippen LogP contribution in [0.5, 0.6) is 0 Å². The van der Waals surface area contributed by atoms with Crippen molar-refractivity contribution in [3.05, 3.63) is 59.4 Å². The number of nitrogens with one attached hydrogen (secondary N) is 1. The van der Waals surface area contributed by atoms with E-state index in [1.54, 1.807) is 12.3 Å². The topological polar surface area (TPSA) is 48.7 Å². The molecule has 1 heterocycles. The van der Waals surface area contributed by atoms with Gasteiger partial charge in [0.1, 0.15) is 11.8 Å². The fourth-order valence-electron chi connectivity index (χ4n) is 1.94. The maximum atomic E-state index is 8.82. The number of nitrogens with zero attached hydrogens (tertiary/aromatic N) is 2. The first-order valence-electron chi connectivity index (χ1n) is 6.68. The van der Waals surface area contributed by atoms with Crippen LogP contribution in [-0.2, 0) is 12.0 Å². The Balaban J connectivity index is 2.02. The molecule has 0 bridgehead atoms. The Hall–Kier alpha value is -2.34. The van der Waals surface area contributed by atoms with Crippen LogP contribution in [-0.4, -0.2) is 4.98 Å². The molecule has 1 N–H and O–H groups in total. The van der Waals surface area contributed by atoms with Crippen molar-refractivity contribution in [2.24, 2.45) is 0 Å². The van der Waals surface area contributed by atoms with Gasteiger partial charge in [-0.1, -0.05) is 32.9 Å². The largest absolute Gasteiger partial charge is 0.381 e. The fourth-order valence-corrected chi connectivity index (χ4v) is 1.94. The molecule has 0 aliphatic carbocycles. The van der Waals surface area contributed by atoms with Crippen molar-refractivity contribution >= 4 is 5.69 Å². The molecule has 0 aliphatic heterocycles. The summed E-state index contributed by atoms with van der Waals surface area (Å²) in [7, 11) is 0. The van der Waals surface area contributed by atoms with Crippen LogP contribution in [0.3, 0.4) is 0 Å². The van der Waals surface area contributed by atoms with Gasteiger partial charge in [0.05, 0.1) is 0 Å². The zero-order valence-corrected chi connectivity index (χ0v) is 12.1. The number of hydrogen-bond donors (Lipinski definition) is 1. The number of hydrogen-bond acceptors (Lipinski definition) is 3. The van der Waals surface area contributed by atoms with Gasteiger partial charge >= 0.3 is 0 Å². The lowest BCUT2D eigenvalue weighted by Gasteiger charge is -2.19. The lowest BCUT2D eigenvalue weighted by Crippen LogP contribution is -2.10. The van der Waals surface area contributed by atoms with Gasteiger partial charge in [-0.15, -0.1) is 0 Å². The predicted octanol–water partition coefficient (Wildman–Crippen LogP) is 3.86. The zero-order chi connectivity index (χ0) is 14.6. The number of anilines is 1. The second kappa shape index (κ2) is 5.75. The van der Waals surface area contributed by atoms with Gasteiger partial charge in [0, 0.05) is 18.4 Å². The van der Waals surface area contributed by atoms with Crippen LogP contribution >= 0.6 is 0 Å². The molecule has 1 aromatic carbocycles. The van der Waals surface area contributed by atoms with Crippen LogP contribution in [0, 0.1) is 11.3 Å². The minimum absolute atomic E-state index is 0.172. The van der Waals surface area contributed by atoms with Crippen molar-refractivity contribution < 1.29 is 0 Å². The molecule has 0 fully saturated rings. The summed E-state index contributed by atoms with van der Waals surface area (Å²) in [6.07, 6.45) is 1.66. The van der Waals surface area contributed by atoms with Crippen molar-refractivity contribution in [1.29, 1.82) is 5.26 Å². The summed E-state index contributed by atoms with van der Waals surface area (Å²) in [6.45, 7) is 7.30. The van der Waals surface area contributed by atoms with E-state index in [0.29, 0.717) is 12.2 Å². The highest BCUT2D eigenvalue weighted by Gasteiger charge is 2.12. The highest BCUT2D eigenvalue weighted by atomic mass is 14.9. The van der Waals surface area contributed by atoms with Gasteiger partial charge in [-0.2, -0.15) is 5.26 Å². The molecule has 0 atom stereocenters. The third-order valence-corrected chi connectivity index (χ3v) is 3.19. The van der Waals surface area contributed by atoms with Gasteiger partial charge in [-0.05, 0) is 40.8 Å². The molecule has 102 valence electrons. The number of rotatable bonds is 3. The van der Waals surface area contributed by atoms with E-state index in [1.165, 1.54) is 5.56 Å². The Kier molecular flexibility index (Phi) is 4.05. The normalized spacial score (nSPS) is 10.9. The molecule has 2 rings (SSSR count). The Labute approximate surface area is 120 Å². The van der Waals surface area contributed by atoms with Crippen molar-refractivity contribution in [2.45, 2.75) is 32.7 Å². The van der Waals surface area contributed by atoms with E-state index in [-0.39, 0.29) is 5.41 Å². The number of nitriles is 1. The number of benzene rings is 1. The molecule has 2 aromatic rings. The van der Waals surface area contributed by atoms with Crippen LogP contribution in [0.2, 0.25) is 0 Å². The summed E-state index contributed by atoms with van der Waals surface area (Å²) in [5, 5.41) is 12.2. The van der Waals surface area contributed by atoms with Gasteiger partial charge in [-0.25, -0.2) is 4.98 Å². The van der Waals surface area contributed by atoms with Gasteiger partial charge in [0.15, 0.2) is 0 Å². The lowest BCUT2D eigenvalue weighted by molar-refractivity contribution is 0.590. The predicted molar refractivity (Wildman–Crippen MR) is 81.4 cm³/mol. The Bertz CT molecular complexity index is 616. The van der Waals surface area contributed by atoms with Crippen LogP contribution in [0.1, 0.15) is 37.6 Å². The molecule has 0 aliphatic rings. The summed E-state index contributed by atoms with van der Waals surface area (Å²) < 4.78 is 0. The summed E-state index contributed by atoms with van der Waals surface area (Å²) in [5.41, 5.74) is 4.07. The Morgan fingerprint density at radius 2 is 1.85 bits per heavy atom. The Morgan fingerprint density at radius 1 is 1.15 bits per heavy atom. The average Bonchev–Trinajstić information content (AvgIpc) is 2.45. The van der Waals surface area contributed by atoms with E-state index in [9.17, 15) is 0 Å². The lowest BCUT2D eigenvalue weighted by atomic mass is 9.87. The van der Waals surface area contributed by atoms with Crippen molar-refractivity contribution in [2.75, 3.05) is 5.32 Å². The molecule has 0 unspecified atom stereocenters. The van der Waals surface area contributed by atoms with E-state index in [2.05, 4.69) is 61.4 Å². The molecule has 1 aromatic heterocycles. The molecule has 0 spiro atoms. The maximum absolute atomic E-state index is 8.82. The summed E-state index contributed by atoms with van der Waals surface area (Å²) in [6, 6.07) is 14.2. The molecule has 0 amide bonds. The van der Waals surface area contributed by atoms with Crippen molar-refractivity contribution in [3.63, 3.8) is 0 Å². The molecular weight excluding hydrogens is 246 g/mol. The Morgan fingerprint density at radius 3 is 2.45 bits per heavy atom. The second-order valence-corrected chi connectivity index (χ2v) is 5.84. The second-order valence-electron chi connectivity index (χ2n) is 5.84. The molecule has 0 saturated heterocycles. The van der Waals surface area contributed by atoms with Crippen molar-refractivity contribution in [3.8, 4) is 6.07 Å². The summed E-state index contributed by atoms with van der Waals surface area (Å²) in [5.74, 6) is 0. The van der Waals surface area contributed by atoms with Gasteiger partial charge in [-0.3, -0.25) is 0 Å². The van der Waals surface area contributed by atoms with E-state index in [1.807, 2.05) is 6.07 Å². The van der Waals surface area contributed by atoms with E-state index >= 15 is 0 Å². The van der Waals surface area contributed by atoms with Crippen LogP contribution in [0.25, 0.3) is 0 Å². The minimum atomic E-state index is 0.172. The van der Waals surface area contributed by atoms with E-state index in [0.717, 1.165) is 11.3 Å². The number of aromatic nitrogens is 1. The third kappa shape index (κ3) is 3.58. The zero-order valence-electron chi connectivity index (χ0n) is 12.1. The summed E-state index contributed by atoms with van der Waals surface area (Å²) >= 11 is 0. The summed E-state index contributed by atoms with van der Waals surface area (Å²) in [4.78, 5) is 3.96. The van der Waals surface area contributed by atoms with Gasteiger partial charge < -0.3 is 5.32 Å². The maximum Gasteiger partial charge on any atom is 0.140 e. The highest BCUT2D eigenvalue weighted by molar-refractivity contribution is 5.46. The SMILES string of the molecule is CC(C)(C)c1ccc(NCc2ccnc(C#N)c2)cc1. The first-order valence-corrected chi connectivity index (χ1v) is 6.68. The standard InChI is InChI=1S/C17H19N3/c1-17(2,3)14-4-6-15(7-5-14)20-12-13-8-9-19-16(10-13)11-18/h4-10,20H,12H2,1-3H3. The molecule has 20 heavy (non-hydrogen) atoms. The van der Waals surface area contributed by atoms with Gasteiger partial charge in [0.25, 0.3) is 0 Å². The molecular formula is C17H19N3. The van der Waals surface area contributed by atoms with Crippen LogP contribution < -0.4 is 5.32 Å². The van der Waals surface area contributed by atoms with E-state index in [4.69, 9.17) is 5.26 Å². The first kappa shape index (κ1) is 14.1. The third-order valence-electron chi connectivity index (χ3n) is 3.19. The van der Waals surface area contributed by atoms with Crippen molar-refractivity contribution in [1.82, 2.24) is 4.98 Å². The monoisotopic (exact) mass is 265 g/mol. The van der Waals surface area contributed by atoms with E-state index < -0.39 is 0 Å². The number of pyridine rings is 1. The molecule has 3 heteroatoms. The average molecular weight is 265 g/mol. The molecule has 0 saturated carbocycles. The minimum Gasteiger partial charge on any atom is -0.381 e. The fraction of sp³-hybridized carbons (Fsp3) is 0.294. The molecule has 0 radical (unpaired) electrons. The highest BCUT2D eigenvalue weighted by Crippen LogP contribution is 2.23. The van der Waals surface area contributed by atoms with Crippen LogP contribution in [0.4, 0.5) is 5.69 Å². The van der Waals surface area contributed by atoms with Gasteiger partial charge in [0.2, 0.25) is 0 Å². The quantitative estimate of drug-likeness (QED) is 0.916. The molecule has 3 nitrogen and oxygen atoms in total. The van der Waals surface area contributed by atoms with Crippen LogP contribution in [0.15, 0.2) is 42.6 Å². The smallest absolute Gasteiger partial charge is 0.140 e.